The molecule has 5 heteroatoms. The van der Waals surface area contributed by atoms with Crippen LogP contribution >= 0.6 is 27.7 Å². The maximum absolute atomic E-state index is 10.9. The molecule has 3 nitrogen and oxygen atoms in total. The minimum Gasteiger partial charge on any atom is -0.298 e. The number of nitrogens with zero attached hydrogens (tertiary/aromatic N) is 2. The van der Waals surface area contributed by atoms with E-state index in [9.17, 15) is 4.79 Å². The van der Waals surface area contributed by atoms with E-state index in [4.69, 9.17) is 0 Å². The first-order valence-electron chi connectivity index (χ1n) is 4.90. The van der Waals surface area contributed by atoms with Gasteiger partial charge in [0, 0.05) is 27.3 Å². The van der Waals surface area contributed by atoms with E-state index in [1.54, 1.807) is 18.5 Å². The SMILES string of the molecule is Cc1cnc(Sc2ccc(Br)cc2C=O)nc1. The minimum absolute atomic E-state index is 0.633. The molecule has 1 aromatic heterocycles. The van der Waals surface area contributed by atoms with Gasteiger partial charge in [0.25, 0.3) is 0 Å². The molecule has 0 N–H and O–H groups in total. The number of carbonyl (C=O) groups excluding carboxylic acids is 1. The Bertz CT molecular complexity index is 543. The Morgan fingerprint density at radius 1 is 1.29 bits per heavy atom. The Labute approximate surface area is 112 Å². The maximum Gasteiger partial charge on any atom is 0.192 e. The first-order chi connectivity index (χ1) is 8.19. The number of carbonyl (C=O) groups is 1. The van der Waals surface area contributed by atoms with Crippen LogP contribution in [0.1, 0.15) is 15.9 Å². The van der Waals surface area contributed by atoms with Crippen molar-refractivity contribution >= 4 is 34.0 Å². The van der Waals surface area contributed by atoms with E-state index < -0.39 is 0 Å². The molecule has 0 aliphatic carbocycles. The molecule has 2 rings (SSSR count). The van der Waals surface area contributed by atoms with Crippen LogP contribution in [0.5, 0.6) is 0 Å². The van der Waals surface area contributed by atoms with Gasteiger partial charge in [0.15, 0.2) is 11.4 Å². The molecule has 0 saturated carbocycles. The second-order valence-electron chi connectivity index (χ2n) is 3.45. The first-order valence-corrected chi connectivity index (χ1v) is 6.51. The fraction of sp³-hybridized carbons (Fsp3) is 0.0833. The summed E-state index contributed by atoms with van der Waals surface area (Å²) < 4.78 is 0.883. The van der Waals surface area contributed by atoms with Gasteiger partial charge in [-0.15, -0.1) is 0 Å². The Balaban J connectivity index is 2.29. The zero-order valence-corrected chi connectivity index (χ0v) is 11.5. The molecule has 1 heterocycles. The number of hydrogen-bond acceptors (Lipinski definition) is 4. The molecule has 2 aromatic rings. The molecule has 0 spiro atoms. The second-order valence-corrected chi connectivity index (χ2v) is 5.37. The van der Waals surface area contributed by atoms with Crippen molar-refractivity contribution in [3.63, 3.8) is 0 Å². The van der Waals surface area contributed by atoms with Gasteiger partial charge in [-0.25, -0.2) is 9.97 Å². The standard InChI is InChI=1S/C12H9BrN2OS/c1-8-5-14-12(15-6-8)17-11-3-2-10(13)4-9(11)7-16/h2-7H,1H3. The Kier molecular flexibility index (Phi) is 3.91. The van der Waals surface area contributed by atoms with Gasteiger partial charge in [-0.3, -0.25) is 4.79 Å². The van der Waals surface area contributed by atoms with Crippen molar-refractivity contribution in [3.8, 4) is 0 Å². The minimum atomic E-state index is 0.633. The van der Waals surface area contributed by atoms with E-state index in [1.807, 2.05) is 19.1 Å². The van der Waals surface area contributed by atoms with Crippen LogP contribution in [0.4, 0.5) is 0 Å². The van der Waals surface area contributed by atoms with Crippen molar-refractivity contribution in [2.75, 3.05) is 0 Å². The van der Waals surface area contributed by atoms with Gasteiger partial charge in [0.2, 0.25) is 0 Å². The topological polar surface area (TPSA) is 42.9 Å². The summed E-state index contributed by atoms with van der Waals surface area (Å²) >= 11 is 4.71. The van der Waals surface area contributed by atoms with Crippen LogP contribution in [-0.4, -0.2) is 16.3 Å². The predicted octanol–water partition coefficient (Wildman–Crippen LogP) is 3.51. The molecule has 0 radical (unpaired) electrons. The third-order valence-electron chi connectivity index (χ3n) is 2.06. The van der Waals surface area contributed by atoms with E-state index in [0.717, 1.165) is 21.2 Å². The van der Waals surface area contributed by atoms with Crippen LogP contribution in [0.15, 0.2) is 45.1 Å². The quantitative estimate of drug-likeness (QED) is 0.643. The maximum atomic E-state index is 10.9. The molecule has 0 saturated heterocycles. The lowest BCUT2D eigenvalue weighted by molar-refractivity contribution is 0.112. The summed E-state index contributed by atoms with van der Waals surface area (Å²) in [6.07, 6.45) is 4.35. The van der Waals surface area contributed by atoms with Crippen molar-refractivity contribution in [2.24, 2.45) is 0 Å². The number of benzene rings is 1. The van der Waals surface area contributed by atoms with Gasteiger partial charge >= 0.3 is 0 Å². The molecule has 0 bridgehead atoms. The largest absolute Gasteiger partial charge is 0.298 e. The number of rotatable bonds is 3. The molecule has 0 aliphatic heterocycles. The van der Waals surface area contributed by atoms with E-state index in [-0.39, 0.29) is 0 Å². The summed E-state index contributed by atoms with van der Waals surface area (Å²) in [7, 11) is 0. The molecule has 17 heavy (non-hydrogen) atoms. The summed E-state index contributed by atoms with van der Waals surface area (Å²) in [6.45, 7) is 1.94. The number of aryl methyl sites for hydroxylation is 1. The van der Waals surface area contributed by atoms with Gasteiger partial charge in [-0.2, -0.15) is 0 Å². The highest BCUT2D eigenvalue weighted by Gasteiger charge is 2.06. The Morgan fingerprint density at radius 3 is 2.65 bits per heavy atom. The van der Waals surface area contributed by atoms with Crippen molar-refractivity contribution < 1.29 is 4.79 Å². The third-order valence-corrected chi connectivity index (χ3v) is 3.54. The van der Waals surface area contributed by atoms with Crippen molar-refractivity contribution in [1.29, 1.82) is 0 Å². The molecule has 1 aromatic carbocycles. The van der Waals surface area contributed by atoms with E-state index in [2.05, 4.69) is 25.9 Å². The van der Waals surface area contributed by atoms with Gasteiger partial charge in [0.05, 0.1) is 0 Å². The van der Waals surface area contributed by atoms with Crippen LogP contribution in [0, 0.1) is 6.92 Å². The van der Waals surface area contributed by atoms with Crippen LogP contribution in [-0.2, 0) is 0 Å². The summed E-state index contributed by atoms with van der Waals surface area (Å²) in [6, 6.07) is 5.55. The molecule has 0 unspecified atom stereocenters. The van der Waals surface area contributed by atoms with Crippen molar-refractivity contribution in [3.05, 3.63) is 46.2 Å². The average molecular weight is 309 g/mol. The van der Waals surface area contributed by atoms with Gasteiger partial charge in [-0.05, 0) is 42.4 Å². The highest BCUT2D eigenvalue weighted by molar-refractivity contribution is 9.10. The summed E-state index contributed by atoms with van der Waals surface area (Å²) in [4.78, 5) is 20.2. The molecular formula is C12H9BrN2OS. The van der Waals surface area contributed by atoms with Gasteiger partial charge in [-0.1, -0.05) is 15.9 Å². The lowest BCUT2D eigenvalue weighted by Gasteiger charge is -2.03. The first kappa shape index (κ1) is 12.3. The molecule has 0 aliphatic rings. The predicted molar refractivity (Wildman–Crippen MR) is 70.4 cm³/mol. The summed E-state index contributed by atoms with van der Waals surface area (Å²) in [5.41, 5.74) is 1.65. The van der Waals surface area contributed by atoms with Gasteiger partial charge in [0.1, 0.15) is 0 Å². The highest BCUT2D eigenvalue weighted by atomic mass is 79.9. The smallest absolute Gasteiger partial charge is 0.192 e. The van der Waals surface area contributed by atoms with Crippen LogP contribution in [0.3, 0.4) is 0 Å². The number of halogens is 1. The monoisotopic (exact) mass is 308 g/mol. The van der Waals surface area contributed by atoms with Crippen molar-refractivity contribution in [1.82, 2.24) is 9.97 Å². The van der Waals surface area contributed by atoms with Crippen LogP contribution in [0.2, 0.25) is 0 Å². The molecular weight excluding hydrogens is 300 g/mol. The normalized spacial score (nSPS) is 10.2. The Hall–Kier alpha value is -1.20. The highest BCUT2D eigenvalue weighted by Crippen LogP contribution is 2.28. The number of hydrogen-bond donors (Lipinski definition) is 0. The second kappa shape index (κ2) is 5.42. The summed E-state index contributed by atoms with van der Waals surface area (Å²) in [5.74, 6) is 0. The number of aldehydes is 1. The van der Waals surface area contributed by atoms with Crippen molar-refractivity contribution in [2.45, 2.75) is 17.0 Å². The van der Waals surface area contributed by atoms with E-state index in [1.165, 1.54) is 11.8 Å². The molecule has 0 fully saturated rings. The average Bonchev–Trinajstić information content (AvgIpc) is 2.34. The van der Waals surface area contributed by atoms with Crippen LogP contribution in [0.25, 0.3) is 0 Å². The molecule has 86 valence electrons. The fourth-order valence-corrected chi connectivity index (χ4v) is 2.38. The van der Waals surface area contributed by atoms with Gasteiger partial charge < -0.3 is 0 Å². The van der Waals surface area contributed by atoms with E-state index >= 15 is 0 Å². The lowest BCUT2D eigenvalue weighted by Crippen LogP contribution is -1.89. The number of aromatic nitrogens is 2. The zero-order chi connectivity index (χ0) is 12.3. The zero-order valence-electron chi connectivity index (χ0n) is 9.05. The van der Waals surface area contributed by atoms with Crippen LogP contribution < -0.4 is 0 Å². The molecule has 0 atom stereocenters. The molecule has 0 amide bonds. The Morgan fingerprint density at radius 2 is 2.00 bits per heavy atom. The summed E-state index contributed by atoms with van der Waals surface area (Å²) in [5, 5.41) is 0.640. The third kappa shape index (κ3) is 3.14. The lowest BCUT2D eigenvalue weighted by atomic mass is 10.2. The van der Waals surface area contributed by atoms with E-state index in [0.29, 0.717) is 10.7 Å². The fourth-order valence-electron chi connectivity index (χ4n) is 1.24.